The van der Waals surface area contributed by atoms with Crippen molar-refractivity contribution in [3.63, 3.8) is 0 Å². The molecule has 0 saturated heterocycles. The molecule has 0 fully saturated rings. The normalized spacial score (nSPS) is 9.22. The molecule has 0 spiro atoms. The number of carbonyl (C=O) groups excluding carboxylic acids is 1. The first kappa shape index (κ1) is 14.1. The van der Waals surface area contributed by atoms with E-state index in [0.29, 0.717) is 23.6 Å². The zero-order valence-corrected chi connectivity index (χ0v) is 10.5. The fourth-order valence-corrected chi connectivity index (χ4v) is 1.44. The van der Waals surface area contributed by atoms with Gasteiger partial charge in [-0.05, 0) is 18.2 Å². The summed E-state index contributed by atoms with van der Waals surface area (Å²) in [6.07, 6.45) is 0.511. The molecule has 94 valence electrons. The lowest BCUT2D eigenvalue weighted by molar-refractivity contribution is -0.118. The molecule has 0 aromatic heterocycles. The molecule has 0 heterocycles. The SMILES string of the molecule is CC(=O)NCCC#Cc1ccc(C(=O)O)cc1Cl. The Hall–Kier alpha value is -1.99. The van der Waals surface area contributed by atoms with Crippen LogP contribution in [0.2, 0.25) is 5.02 Å². The topological polar surface area (TPSA) is 66.4 Å². The summed E-state index contributed by atoms with van der Waals surface area (Å²) in [5.41, 5.74) is 0.702. The highest BCUT2D eigenvalue weighted by atomic mass is 35.5. The minimum atomic E-state index is -1.03. The second-order valence-corrected chi connectivity index (χ2v) is 3.94. The first-order chi connectivity index (χ1) is 8.50. The van der Waals surface area contributed by atoms with Gasteiger partial charge in [-0.3, -0.25) is 4.79 Å². The summed E-state index contributed by atoms with van der Waals surface area (Å²) in [5, 5.41) is 11.7. The van der Waals surface area contributed by atoms with Crippen LogP contribution in [0.3, 0.4) is 0 Å². The van der Waals surface area contributed by atoms with Gasteiger partial charge in [-0.2, -0.15) is 0 Å². The summed E-state index contributed by atoms with van der Waals surface area (Å²) in [6.45, 7) is 1.92. The predicted octanol–water partition coefficient (Wildman–Crippen LogP) is 1.92. The summed E-state index contributed by atoms with van der Waals surface area (Å²) in [4.78, 5) is 21.3. The van der Waals surface area contributed by atoms with Crippen LogP contribution in [0.5, 0.6) is 0 Å². The van der Waals surface area contributed by atoms with Gasteiger partial charge in [0.2, 0.25) is 5.91 Å². The Bertz CT molecular complexity index is 529. The van der Waals surface area contributed by atoms with Crippen molar-refractivity contribution in [3.05, 3.63) is 34.3 Å². The minimum absolute atomic E-state index is 0.0966. The highest BCUT2D eigenvalue weighted by molar-refractivity contribution is 6.32. The van der Waals surface area contributed by atoms with Crippen molar-refractivity contribution in [2.45, 2.75) is 13.3 Å². The smallest absolute Gasteiger partial charge is 0.335 e. The lowest BCUT2D eigenvalue weighted by atomic mass is 10.1. The highest BCUT2D eigenvalue weighted by Gasteiger charge is 2.05. The Kier molecular flexibility index (Phi) is 5.22. The van der Waals surface area contributed by atoms with E-state index in [1.807, 2.05) is 0 Å². The van der Waals surface area contributed by atoms with Crippen molar-refractivity contribution in [2.75, 3.05) is 6.54 Å². The van der Waals surface area contributed by atoms with Gasteiger partial charge in [0.25, 0.3) is 0 Å². The molecule has 1 amide bonds. The van der Waals surface area contributed by atoms with E-state index in [-0.39, 0.29) is 11.5 Å². The molecule has 0 bridgehead atoms. The monoisotopic (exact) mass is 265 g/mol. The standard InChI is InChI=1S/C13H12ClNO3/c1-9(16)15-7-3-2-4-10-5-6-11(13(17)18)8-12(10)14/h5-6,8H,3,7H2,1H3,(H,15,16)(H,17,18). The van der Waals surface area contributed by atoms with Crippen molar-refractivity contribution in [2.24, 2.45) is 0 Å². The van der Waals surface area contributed by atoms with Gasteiger partial charge < -0.3 is 10.4 Å². The minimum Gasteiger partial charge on any atom is -0.478 e. The van der Waals surface area contributed by atoms with Crippen LogP contribution in [0.15, 0.2) is 18.2 Å². The Morgan fingerprint density at radius 2 is 2.17 bits per heavy atom. The molecule has 0 aliphatic rings. The first-order valence-electron chi connectivity index (χ1n) is 5.27. The summed E-state index contributed by atoms with van der Waals surface area (Å²) in [6, 6.07) is 4.38. The van der Waals surface area contributed by atoms with E-state index in [2.05, 4.69) is 17.2 Å². The van der Waals surface area contributed by atoms with Crippen LogP contribution < -0.4 is 5.32 Å². The van der Waals surface area contributed by atoms with E-state index < -0.39 is 5.97 Å². The van der Waals surface area contributed by atoms with Crippen molar-refractivity contribution in [1.29, 1.82) is 0 Å². The van der Waals surface area contributed by atoms with Crippen LogP contribution in [0, 0.1) is 11.8 Å². The maximum atomic E-state index is 10.7. The van der Waals surface area contributed by atoms with Gasteiger partial charge in [0.05, 0.1) is 10.6 Å². The Morgan fingerprint density at radius 3 is 2.72 bits per heavy atom. The molecule has 5 heteroatoms. The third kappa shape index (κ3) is 4.48. The number of carboxylic acids is 1. The second kappa shape index (κ2) is 6.67. The number of benzene rings is 1. The predicted molar refractivity (Wildman–Crippen MR) is 68.6 cm³/mol. The number of halogens is 1. The molecule has 0 aliphatic carbocycles. The molecule has 0 atom stereocenters. The largest absolute Gasteiger partial charge is 0.478 e. The van der Waals surface area contributed by atoms with Gasteiger partial charge in [-0.1, -0.05) is 23.4 Å². The van der Waals surface area contributed by atoms with Gasteiger partial charge in [0, 0.05) is 25.5 Å². The molecule has 1 aromatic rings. The first-order valence-corrected chi connectivity index (χ1v) is 5.64. The summed E-state index contributed by atoms with van der Waals surface area (Å²) >= 11 is 5.90. The van der Waals surface area contributed by atoms with Crippen molar-refractivity contribution in [1.82, 2.24) is 5.32 Å². The van der Waals surface area contributed by atoms with Gasteiger partial charge in [0.15, 0.2) is 0 Å². The van der Waals surface area contributed by atoms with Crippen molar-refractivity contribution in [3.8, 4) is 11.8 Å². The quantitative estimate of drug-likeness (QED) is 0.648. The van der Waals surface area contributed by atoms with Crippen LogP contribution in [-0.2, 0) is 4.79 Å². The zero-order valence-electron chi connectivity index (χ0n) is 9.79. The number of rotatable bonds is 3. The third-order valence-corrected chi connectivity index (χ3v) is 2.38. The molecular weight excluding hydrogens is 254 g/mol. The molecule has 2 N–H and O–H groups in total. The summed E-state index contributed by atoms with van der Waals surface area (Å²) in [5.74, 6) is 4.55. The molecule has 0 saturated carbocycles. The number of aromatic carboxylic acids is 1. The van der Waals surface area contributed by atoms with Crippen LogP contribution in [0.4, 0.5) is 0 Å². The number of nitrogens with one attached hydrogen (secondary N) is 1. The maximum absolute atomic E-state index is 10.7. The van der Waals surface area contributed by atoms with E-state index in [4.69, 9.17) is 16.7 Å². The molecule has 0 radical (unpaired) electrons. The molecule has 18 heavy (non-hydrogen) atoms. The Morgan fingerprint density at radius 1 is 1.44 bits per heavy atom. The van der Waals surface area contributed by atoms with Gasteiger partial charge in [0.1, 0.15) is 0 Å². The van der Waals surface area contributed by atoms with Crippen LogP contribution >= 0.6 is 11.6 Å². The number of carbonyl (C=O) groups is 2. The molecule has 0 unspecified atom stereocenters. The van der Waals surface area contributed by atoms with Gasteiger partial charge in [-0.15, -0.1) is 0 Å². The summed E-state index contributed by atoms with van der Waals surface area (Å²) < 4.78 is 0. The molecule has 0 aliphatic heterocycles. The second-order valence-electron chi connectivity index (χ2n) is 3.53. The number of amides is 1. The van der Waals surface area contributed by atoms with Crippen molar-refractivity contribution >= 4 is 23.5 Å². The maximum Gasteiger partial charge on any atom is 0.335 e. The fourth-order valence-electron chi connectivity index (χ4n) is 1.21. The van der Waals surface area contributed by atoms with E-state index in [9.17, 15) is 9.59 Å². The van der Waals surface area contributed by atoms with Crippen LogP contribution in [-0.4, -0.2) is 23.5 Å². The lowest BCUT2D eigenvalue weighted by Crippen LogP contribution is -2.20. The van der Waals surface area contributed by atoms with Crippen molar-refractivity contribution < 1.29 is 14.7 Å². The lowest BCUT2D eigenvalue weighted by Gasteiger charge is -1.98. The van der Waals surface area contributed by atoms with Gasteiger partial charge >= 0.3 is 5.97 Å². The number of carboxylic acid groups (broad SMARTS) is 1. The Balaban J connectivity index is 2.65. The zero-order chi connectivity index (χ0) is 13.5. The van der Waals surface area contributed by atoms with E-state index in [1.54, 1.807) is 6.07 Å². The number of hydrogen-bond acceptors (Lipinski definition) is 2. The van der Waals surface area contributed by atoms with E-state index >= 15 is 0 Å². The Labute approximate surface area is 110 Å². The highest BCUT2D eigenvalue weighted by Crippen LogP contribution is 2.16. The fraction of sp³-hybridized carbons (Fsp3) is 0.231. The third-order valence-electron chi connectivity index (χ3n) is 2.06. The molecular formula is C13H12ClNO3. The average molecular weight is 266 g/mol. The molecule has 1 rings (SSSR count). The van der Waals surface area contributed by atoms with Crippen LogP contribution in [0.25, 0.3) is 0 Å². The molecule has 4 nitrogen and oxygen atoms in total. The van der Waals surface area contributed by atoms with E-state index in [1.165, 1.54) is 19.1 Å². The summed E-state index contributed by atoms with van der Waals surface area (Å²) in [7, 11) is 0. The molecule has 1 aromatic carbocycles. The van der Waals surface area contributed by atoms with E-state index in [0.717, 1.165) is 0 Å². The number of hydrogen-bond donors (Lipinski definition) is 2. The van der Waals surface area contributed by atoms with Crippen LogP contribution in [0.1, 0.15) is 29.3 Å². The average Bonchev–Trinajstić information content (AvgIpc) is 2.29. The van der Waals surface area contributed by atoms with Gasteiger partial charge in [-0.25, -0.2) is 4.79 Å².